The number of fused-ring (bicyclic) bond motifs is 1. The summed E-state index contributed by atoms with van der Waals surface area (Å²) >= 11 is 8.06. The lowest BCUT2D eigenvalue weighted by molar-refractivity contribution is -0.160. The van der Waals surface area contributed by atoms with Crippen LogP contribution >= 0.6 is 22.9 Å². The number of aryl methyl sites for hydroxylation is 1. The summed E-state index contributed by atoms with van der Waals surface area (Å²) in [5.41, 5.74) is -0.670. The maximum absolute atomic E-state index is 13.3. The minimum atomic E-state index is -1.49. The second-order valence-electron chi connectivity index (χ2n) is 8.00. The number of thiophene rings is 1. The van der Waals surface area contributed by atoms with Gasteiger partial charge in [-0.1, -0.05) is 11.6 Å². The Kier molecular flexibility index (Phi) is 5.56. The predicted octanol–water partition coefficient (Wildman–Crippen LogP) is 4.99. The molecule has 1 aromatic carbocycles. The van der Waals surface area contributed by atoms with Gasteiger partial charge in [-0.05, 0) is 52.7 Å². The highest BCUT2D eigenvalue weighted by molar-refractivity contribution is 7.19. The third-order valence-electron chi connectivity index (χ3n) is 4.55. The van der Waals surface area contributed by atoms with E-state index < -0.39 is 23.3 Å². The molecule has 1 atom stereocenters. The van der Waals surface area contributed by atoms with Crippen molar-refractivity contribution in [3.63, 3.8) is 0 Å². The number of ether oxygens (including phenoxy) is 2. The molecule has 0 bridgehead atoms. The van der Waals surface area contributed by atoms with Crippen LogP contribution in [0.1, 0.15) is 48.8 Å². The van der Waals surface area contributed by atoms with Gasteiger partial charge in [0, 0.05) is 21.1 Å². The van der Waals surface area contributed by atoms with Gasteiger partial charge in [-0.2, -0.15) is 0 Å². The van der Waals surface area contributed by atoms with E-state index in [-0.39, 0.29) is 22.3 Å². The first kappa shape index (κ1) is 20.8. The Morgan fingerprint density at radius 2 is 1.86 bits per heavy atom. The minimum absolute atomic E-state index is 0.134. The molecular formula is C21H23ClO5S. The number of halogens is 1. The number of benzene rings is 1. The zero-order valence-corrected chi connectivity index (χ0v) is 18.1. The molecular weight excluding hydrogens is 400 g/mol. The van der Waals surface area contributed by atoms with Crippen LogP contribution in [0.5, 0.6) is 5.75 Å². The van der Waals surface area contributed by atoms with Crippen LogP contribution in [0.2, 0.25) is 5.02 Å². The van der Waals surface area contributed by atoms with Crippen molar-refractivity contribution in [1.29, 1.82) is 0 Å². The number of esters is 1. The van der Waals surface area contributed by atoms with Gasteiger partial charge in [-0.3, -0.25) is 14.4 Å². The number of hydrogen-bond donors (Lipinski definition) is 0. The summed E-state index contributed by atoms with van der Waals surface area (Å²) < 4.78 is 11.7. The van der Waals surface area contributed by atoms with Gasteiger partial charge in [0.25, 0.3) is 0 Å². The van der Waals surface area contributed by atoms with Crippen LogP contribution < -0.4 is 4.74 Å². The van der Waals surface area contributed by atoms with E-state index in [9.17, 15) is 14.4 Å². The van der Waals surface area contributed by atoms with Gasteiger partial charge in [0.1, 0.15) is 11.4 Å². The first-order chi connectivity index (χ1) is 13.0. The first-order valence-electron chi connectivity index (χ1n) is 9.11. The molecule has 1 fully saturated rings. The molecule has 0 saturated heterocycles. The summed E-state index contributed by atoms with van der Waals surface area (Å²) in [5, 5.41) is 0.820. The standard InChI is InChI=1S/C21H23ClO5S/c1-10-19(26-5)14-13(28-10)9-8-12(16(14)22)18(24)15(17(23)11-6-7-11)20(25)27-21(2,3)4/h8-9,11,15H,6-7H2,1-5H3. The van der Waals surface area contributed by atoms with Crippen molar-refractivity contribution in [2.75, 3.05) is 7.11 Å². The summed E-state index contributed by atoms with van der Waals surface area (Å²) in [6, 6.07) is 3.34. The van der Waals surface area contributed by atoms with Crippen LogP contribution in [0.4, 0.5) is 0 Å². The van der Waals surface area contributed by atoms with Gasteiger partial charge in [0.05, 0.1) is 17.5 Å². The lowest BCUT2D eigenvalue weighted by atomic mass is 9.90. The smallest absolute Gasteiger partial charge is 0.325 e. The van der Waals surface area contributed by atoms with Gasteiger partial charge in [-0.15, -0.1) is 11.3 Å². The van der Waals surface area contributed by atoms with Crippen molar-refractivity contribution in [3.8, 4) is 5.75 Å². The molecule has 0 amide bonds. The third-order valence-corrected chi connectivity index (χ3v) is 6.00. The van der Waals surface area contributed by atoms with E-state index in [4.69, 9.17) is 21.1 Å². The minimum Gasteiger partial charge on any atom is -0.495 e. The van der Waals surface area contributed by atoms with Crippen molar-refractivity contribution < 1.29 is 23.9 Å². The van der Waals surface area contributed by atoms with Crippen molar-refractivity contribution in [2.24, 2.45) is 11.8 Å². The Labute approximate surface area is 173 Å². The van der Waals surface area contributed by atoms with Crippen molar-refractivity contribution in [1.82, 2.24) is 0 Å². The van der Waals surface area contributed by atoms with E-state index >= 15 is 0 Å². The molecule has 0 N–H and O–H groups in total. The molecule has 28 heavy (non-hydrogen) atoms. The van der Waals surface area contributed by atoms with Crippen molar-refractivity contribution in [3.05, 3.63) is 27.6 Å². The first-order valence-corrected chi connectivity index (χ1v) is 10.3. The zero-order chi connectivity index (χ0) is 20.8. The molecule has 1 saturated carbocycles. The van der Waals surface area contributed by atoms with Crippen LogP contribution in [0, 0.1) is 18.8 Å². The van der Waals surface area contributed by atoms with E-state index in [0.717, 1.165) is 9.58 Å². The summed E-state index contributed by atoms with van der Waals surface area (Å²) in [4.78, 5) is 39.7. The van der Waals surface area contributed by atoms with Gasteiger partial charge >= 0.3 is 5.97 Å². The maximum Gasteiger partial charge on any atom is 0.325 e. The van der Waals surface area contributed by atoms with E-state index in [1.54, 1.807) is 40.0 Å². The van der Waals surface area contributed by atoms with Gasteiger partial charge in [-0.25, -0.2) is 0 Å². The summed E-state index contributed by atoms with van der Waals surface area (Å²) in [6.07, 6.45) is 1.38. The molecule has 1 aliphatic carbocycles. The summed E-state index contributed by atoms with van der Waals surface area (Å²) in [7, 11) is 1.54. The largest absolute Gasteiger partial charge is 0.495 e. The SMILES string of the molecule is COc1c(C)sc2ccc(C(=O)C(C(=O)OC(C)(C)C)C(=O)C3CC3)c(Cl)c12. The molecule has 0 spiro atoms. The van der Waals surface area contributed by atoms with Gasteiger partial charge < -0.3 is 9.47 Å². The second-order valence-corrected chi connectivity index (χ2v) is 9.63. The molecule has 150 valence electrons. The van der Waals surface area contributed by atoms with E-state index in [1.165, 1.54) is 11.3 Å². The van der Waals surface area contributed by atoms with Crippen LogP contribution in [-0.4, -0.2) is 30.2 Å². The summed E-state index contributed by atoms with van der Waals surface area (Å²) in [5.74, 6) is -2.98. The number of methoxy groups -OCH3 is 1. The van der Waals surface area contributed by atoms with Gasteiger partial charge in [0.2, 0.25) is 0 Å². The Bertz CT molecular complexity index is 965. The molecule has 1 unspecified atom stereocenters. The fraction of sp³-hybridized carbons (Fsp3) is 0.476. The number of carbonyl (C=O) groups excluding carboxylic acids is 3. The Balaban J connectivity index is 2.06. The molecule has 7 heteroatoms. The number of carbonyl (C=O) groups is 3. The quantitative estimate of drug-likeness (QED) is 0.372. The van der Waals surface area contributed by atoms with E-state index in [1.807, 2.05) is 6.92 Å². The lowest BCUT2D eigenvalue weighted by Gasteiger charge is -2.23. The van der Waals surface area contributed by atoms with Crippen molar-refractivity contribution >= 4 is 50.6 Å². The van der Waals surface area contributed by atoms with Gasteiger partial charge in [0.15, 0.2) is 17.5 Å². The molecule has 1 heterocycles. The lowest BCUT2D eigenvalue weighted by Crippen LogP contribution is -2.38. The Morgan fingerprint density at radius 1 is 1.21 bits per heavy atom. The fourth-order valence-electron chi connectivity index (χ4n) is 3.15. The predicted molar refractivity (Wildman–Crippen MR) is 110 cm³/mol. The second kappa shape index (κ2) is 7.48. The average Bonchev–Trinajstić information content (AvgIpc) is 3.36. The summed E-state index contributed by atoms with van der Waals surface area (Å²) in [6.45, 7) is 7.01. The highest BCUT2D eigenvalue weighted by atomic mass is 35.5. The number of hydrogen-bond acceptors (Lipinski definition) is 6. The monoisotopic (exact) mass is 422 g/mol. The van der Waals surface area contributed by atoms with Crippen LogP contribution in [0.3, 0.4) is 0 Å². The fourth-order valence-corrected chi connectivity index (χ4v) is 4.59. The molecule has 0 aliphatic heterocycles. The topological polar surface area (TPSA) is 69.7 Å². The van der Waals surface area contributed by atoms with Crippen LogP contribution in [-0.2, 0) is 14.3 Å². The molecule has 2 aromatic rings. The highest BCUT2D eigenvalue weighted by Gasteiger charge is 2.45. The molecule has 0 radical (unpaired) electrons. The third kappa shape index (κ3) is 3.94. The van der Waals surface area contributed by atoms with Crippen LogP contribution in [0.25, 0.3) is 10.1 Å². The number of Topliss-reactive ketones (excluding diaryl/α,β-unsaturated/α-hetero) is 2. The highest BCUT2D eigenvalue weighted by Crippen LogP contribution is 2.43. The maximum atomic E-state index is 13.3. The number of ketones is 2. The molecule has 5 nitrogen and oxygen atoms in total. The van der Waals surface area contributed by atoms with Crippen LogP contribution in [0.15, 0.2) is 12.1 Å². The normalized spacial score (nSPS) is 15.4. The molecule has 1 aliphatic rings. The molecule has 3 rings (SSSR count). The number of rotatable bonds is 6. The average molecular weight is 423 g/mol. The van der Waals surface area contributed by atoms with Crippen molar-refractivity contribution in [2.45, 2.75) is 46.1 Å². The Morgan fingerprint density at radius 3 is 2.39 bits per heavy atom. The molecule has 1 aromatic heterocycles. The zero-order valence-electron chi connectivity index (χ0n) is 16.6. The Hall–Kier alpha value is -1.92. The van der Waals surface area contributed by atoms with E-state index in [2.05, 4.69) is 0 Å². The van der Waals surface area contributed by atoms with E-state index in [0.29, 0.717) is 24.0 Å².